The second-order valence-electron chi connectivity index (χ2n) is 4.67. The predicted molar refractivity (Wildman–Crippen MR) is 69.0 cm³/mol. The SMILES string of the molecule is O=C(O)NCC[C@H](NC(=O)C(F)(F)F)c1cccc(C(F)(F)F)c1. The summed E-state index contributed by atoms with van der Waals surface area (Å²) in [5.74, 6) is -2.33. The van der Waals surface area contributed by atoms with Crippen molar-refractivity contribution in [3.63, 3.8) is 0 Å². The normalized spacial score (nSPS) is 13.2. The van der Waals surface area contributed by atoms with Crippen molar-refractivity contribution in [2.24, 2.45) is 0 Å². The van der Waals surface area contributed by atoms with Crippen LogP contribution < -0.4 is 10.6 Å². The van der Waals surface area contributed by atoms with Gasteiger partial charge >= 0.3 is 24.4 Å². The third-order valence-corrected chi connectivity index (χ3v) is 2.89. The van der Waals surface area contributed by atoms with Gasteiger partial charge in [-0.1, -0.05) is 12.1 Å². The number of benzene rings is 1. The van der Waals surface area contributed by atoms with Crippen molar-refractivity contribution in [3.8, 4) is 0 Å². The monoisotopic (exact) mass is 358 g/mol. The highest BCUT2D eigenvalue weighted by atomic mass is 19.4. The number of hydrogen-bond donors (Lipinski definition) is 3. The number of rotatable bonds is 5. The molecule has 1 atom stereocenters. The molecule has 0 saturated carbocycles. The largest absolute Gasteiger partial charge is 0.471 e. The molecule has 24 heavy (non-hydrogen) atoms. The molecule has 1 aromatic carbocycles. The van der Waals surface area contributed by atoms with Crippen LogP contribution in [0.4, 0.5) is 31.1 Å². The standard InChI is InChI=1S/C13H12F6N2O3/c14-12(15,16)8-3-1-2-7(6-8)9(4-5-20-11(23)24)21-10(22)13(17,18)19/h1-3,6,9,20H,4-5H2,(H,21,22)(H,23,24)/t9-/m0/s1. The van der Waals surface area contributed by atoms with E-state index in [9.17, 15) is 35.9 Å². The van der Waals surface area contributed by atoms with Crippen molar-refractivity contribution < 1.29 is 41.0 Å². The maximum Gasteiger partial charge on any atom is 0.471 e. The van der Waals surface area contributed by atoms with Crippen LogP contribution in [0.1, 0.15) is 23.6 Å². The van der Waals surface area contributed by atoms with Crippen molar-refractivity contribution in [2.75, 3.05) is 6.54 Å². The summed E-state index contributed by atoms with van der Waals surface area (Å²) < 4.78 is 75.1. The minimum absolute atomic E-state index is 0.227. The summed E-state index contributed by atoms with van der Waals surface area (Å²) in [5, 5.41) is 11.9. The number of nitrogens with one attached hydrogen (secondary N) is 2. The lowest BCUT2D eigenvalue weighted by atomic mass is 10.0. The van der Waals surface area contributed by atoms with E-state index in [-0.39, 0.29) is 18.5 Å². The van der Waals surface area contributed by atoms with Gasteiger partial charge in [-0.2, -0.15) is 26.3 Å². The Kier molecular flexibility index (Phi) is 6.04. The molecule has 0 aliphatic rings. The predicted octanol–water partition coefficient (Wildman–Crippen LogP) is 3.08. The van der Waals surface area contributed by atoms with Crippen molar-refractivity contribution in [1.29, 1.82) is 0 Å². The van der Waals surface area contributed by atoms with Gasteiger partial charge < -0.3 is 15.7 Å². The molecule has 2 amide bonds. The van der Waals surface area contributed by atoms with Crippen molar-refractivity contribution in [3.05, 3.63) is 35.4 Å². The zero-order chi connectivity index (χ0) is 18.5. The number of carbonyl (C=O) groups excluding carboxylic acids is 1. The molecule has 0 spiro atoms. The topological polar surface area (TPSA) is 78.4 Å². The van der Waals surface area contributed by atoms with Crippen molar-refractivity contribution >= 4 is 12.0 Å². The van der Waals surface area contributed by atoms with Gasteiger partial charge in [-0.15, -0.1) is 0 Å². The van der Waals surface area contributed by atoms with Gasteiger partial charge in [0.05, 0.1) is 11.6 Å². The highest BCUT2D eigenvalue weighted by Gasteiger charge is 2.40. The third kappa shape index (κ3) is 5.97. The Bertz CT molecular complexity index is 600. The summed E-state index contributed by atoms with van der Waals surface area (Å²) in [6, 6.07) is 1.96. The summed E-state index contributed by atoms with van der Waals surface area (Å²) in [5.41, 5.74) is -1.33. The number of carbonyl (C=O) groups is 2. The average molecular weight is 358 g/mol. The number of halogens is 6. The van der Waals surface area contributed by atoms with Crippen LogP contribution in [0.2, 0.25) is 0 Å². The Labute approximate surface area is 131 Å². The van der Waals surface area contributed by atoms with E-state index in [1.165, 1.54) is 0 Å². The van der Waals surface area contributed by atoms with Crippen molar-refractivity contribution in [2.45, 2.75) is 24.8 Å². The molecule has 0 fully saturated rings. The lowest BCUT2D eigenvalue weighted by Gasteiger charge is -2.21. The van der Waals surface area contributed by atoms with Crippen LogP contribution in [0.25, 0.3) is 0 Å². The second kappa shape index (κ2) is 7.41. The summed E-state index contributed by atoms with van der Waals surface area (Å²) in [6.45, 7) is -0.367. The molecule has 1 aromatic rings. The van der Waals surface area contributed by atoms with E-state index in [4.69, 9.17) is 5.11 Å². The van der Waals surface area contributed by atoms with Crippen molar-refractivity contribution in [1.82, 2.24) is 10.6 Å². The van der Waals surface area contributed by atoms with Gasteiger partial charge in [0.15, 0.2) is 0 Å². The van der Waals surface area contributed by atoms with E-state index >= 15 is 0 Å². The maximum absolute atomic E-state index is 12.7. The molecular formula is C13H12F6N2O3. The zero-order valence-corrected chi connectivity index (χ0v) is 11.8. The number of carboxylic acid groups (broad SMARTS) is 1. The quantitative estimate of drug-likeness (QED) is 0.708. The fourth-order valence-corrected chi connectivity index (χ4v) is 1.82. The lowest BCUT2D eigenvalue weighted by molar-refractivity contribution is -0.174. The smallest absolute Gasteiger partial charge is 0.465 e. The highest BCUT2D eigenvalue weighted by Crippen LogP contribution is 2.31. The number of amides is 2. The van der Waals surface area contributed by atoms with E-state index < -0.39 is 36.0 Å². The molecule has 0 saturated heterocycles. The average Bonchev–Trinajstić information content (AvgIpc) is 2.44. The molecule has 5 nitrogen and oxygen atoms in total. The number of hydrogen-bond acceptors (Lipinski definition) is 2. The summed E-state index contributed by atoms with van der Waals surface area (Å²) in [7, 11) is 0. The van der Waals surface area contributed by atoms with Gasteiger partial charge in [0.25, 0.3) is 0 Å². The first-order chi connectivity index (χ1) is 10.9. The molecule has 0 unspecified atom stereocenters. The van der Waals surface area contributed by atoms with Gasteiger partial charge in [-0.05, 0) is 24.1 Å². The van der Waals surface area contributed by atoms with Crippen LogP contribution in [0.3, 0.4) is 0 Å². The Morgan fingerprint density at radius 3 is 2.25 bits per heavy atom. The van der Waals surface area contributed by atoms with Gasteiger partial charge in [0.1, 0.15) is 0 Å². The highest BCUT2D eigenvalue weighted by molar-refractivity contribution is 5.82. The van der Waals surface area contributed by atoms with Crippen LogP contribution in [0.5, 0.6) is 0 Å². The molecule has 0 radical (unpaired) electrons. The van der Waals surface area contributed by atoms with E-state index in [0.717, 1.165) is 18.2 Å². The Hall–Kier alpha value is -2.46. The fraction of sp³-hybridized carbons (Fsp3) is 0.385. The first kappa shape index (κ1) is 19.6. The van der Waals surface area contributed by atoms with E-state index in [1.54, 1.807) is 5.32 Å². The lowest BCUT2D eigenvalue weighted by Crippen LogP contribution is -2.40. The van der Waals surface area contributed by atoms with Crippen LogP contribution in [0.15, 0.2) is 24.3 Å². The molecule has 0 aromatic heterocycles. The number of alkyl halides is 6. The fourth-order valence-electron chi connectivity index (χ4n) is 1.82. The van der Waals surface area contributed by atoms with Crippen LogP contribution in [-0.4, -0.2) is 29.8 Å². The first-order valence-electron chi connectivity index (χ1n) is 6.43. The molecule has 11 heteroatoms. The summed E-state index contributed by atoms with van der Waals surface area (Å²) in [6.07, 6.45) is -11.8. The van der Waals surface area contributed by atoms with Gasteiger partial charge in [-0.3, -0.25) is 4.79 Å². The first-order valence-corrected chi connectivity index (χ1v) is 6.43. The van der Waals surface area contributed by atoms with E-state index in [1.807, 2.05) is 5.32 Å². The zero-order valence-electron chi connectivity index (χ0n) is 11.8. The molecule has 1 rings (SSSR count). The molecule has 3 N–H and O–H groups in total. The Balaban J connectivity index is 3.03. The van der Waals surface area contributed by atoms with Gasteiger partial charge in [-0.25, -0.2) is 4.79 Å². The Morgan fingerprint density at radius 2 is 1.75 bits per heavy atom. The second-order valence-corrected chi connectivity index (χ2v) is 4.67. The molecule has 0 aliphatic carbocycles. The molecular weight excluding hydrogens is 346 g/mol. The van der Waals surface area contributed by atoms with Gasteiger partial charge in [0, 0.05) is 6.54 Å². The molecule has 0 heterocycles. The molecule has 0 bridgehead atoms. The molecule has 0 aliphatic heterocycles. The maximum atomic E-state index is 12.7. The Morgan fingerprint density at radius 1 is 1.12 bits per heavy atom. The van der Waals surface area contributed by atoms with Crippen LogP contribution >= 0.6 is 0 Å². The van der Waals surface area contributed by atoms with Crippen LogP contribution in [0, 0.1) is 0 Å². The van der Waals surface area contributed by atoms with Gasteiger partial charge in [0.2, 0.25) is 0 Å². The minimum atomic E-state index is -5.22. The minimum Gasteiger partial charge on any atom is -0.465 e. The molecule has 134 valence electrons. The summed E-state index contributed by atoms with van der Waals surface area (Å²) >= 11 is 0. The van der Waals surface area contributed by atoms with E-state index in [0.29, 0.717) is 6.07 Å². The third-order valence-electron chi connectivity index (χ3n) is 2.89. The summed E-state index contributed by atoms with van der Waals surface area (Å²) in [4.78, 5) is 21.4. The van der Waals surface area contributed by atoms with Crippen LogP contribution in [-0.2, 0) is 11.0 Å². The van der Waals surface area contributed by atoms with E-state index in [2.05, 4.69) is 0 Å².